The van der Waals surface area contributed by atoms with Crippen molar-refractivity contribution in [1.82, 2.24) is 5.32 Å². The van der Waals surface area contributed by atoms with Gasteiger partial charge in [0.1, 0.15) is 0 Å². The molecule has 120 valence electrons. The van der Waals surface area contributed by atoms with Crippen LogP contribution < -0.4 is 5.32 Å². The Morgan fingerprint density at radius 3 is 2.26 bits per heavy atom. The van der Waals surface area contributed by atoms with Crippen LogP contribution in [0.25, 0.3) is 0 Å². The van der Waals surface area contributed by atoms with Crippen molar-refractivity contribution in [2.24, 2.45) is 0 Å². The molecule has 0 heterocycles. The number of nitro groups is 1. The molecule has 2 aromatic rings. The largest absolute Gasteiger partial charge is 0.349 e. The molecule has 0 aliphatic carbocycles. The number of aryl methyl sites for hydroxylation is 1. The lowest BCUT2D eigenvalue weighted by molar-refractivity contribution is -0.384. The molecule has 2 rings (SSSR count). The summed E-state index contributed by atoms with van der Waals surface area (Å²) in [5, 5.41) is 13.6. The second-order valence-electron chi connectivity index (χ2n) is 5.54. The summed E-state index contributed by atoms with van der Waals surface area (Å²) in [6.45, 7) is 4.05. The van der Waals surface area contributed by atoms with Crippen LogP contribution in [-0.4, -0.2) is 10.8 Å². The SMILES string of the molecule is CCC(NC(=O)Cc1ccc([N+](=O)[O-])cc1)c1ccc(C)cc1. The van der Waals surface area contributed by atoms with E-state index in [1.54, 1.807) is 12.1 Å². The molecule has 0 saturated heterocycles. The second-order valence-corrected chi connectivity index (χ2v) is 5.54. The average molecular weight is 312 g/mol. The van der Waals surface area contributed by atoms with Crippen molar-refractivity contribution in [2.75, 3.05) is 0 Å². The normalized spacial score (nSPS) is 11.7. The molecule has 0 aromatic heterocycles. The highest BCUT2D eigenvalue weighted by molar-refractivity contribution is 5.79. The third-order valence-electron chi connectivity index (χ3n) is 3.74. The summed E-state index contributed by atoms with van der Waals surface area (Å²) in [5.41, 5.74) is 3.04. The number of rotatable bonds is 6. The van der Waals surface area contributed by atoms with E-state index in [1.165, 1.54) is 17.7 Å². The molecule has 0 aliphatic rings. The molecule has 0 fully saturated rings. The number of nitro benzene ring substituents is 1. The Kier molecular flexibility index (Phi) is 5.46. The zero-order valence-corrected chi connectivity index (χ0v) is 13.3. The lowest BCUT2D eigenvalue weighted by Gasteiger charge is -2.17. The van der Waals surface area contributed by atoms with Crippen LogP contribution in [0.15, 0.2) is 48.5 Å². The number of nitrogens with one attached hydrogen (secondary N) is 1. The first kappa shape index (κ1) is 16.7. The maximum absolute atomic E-state index is 12.2. The predicted octanol–water partition coefficient (Wildman–Crippen LogP) is 3.71. The van der Waals surface area contributed by atoms with E-state index in [-0.39, 0.29) is 24.1 Å². The smallest absolute Gasteiger partial charge is 0.269 e. The van der Waals surface area contributed by atoms with E-state index in [4.69, 9.17) is 0 Å². The number of carbonyl (C=O) groups excluding carboxylic acids is 1. The van der Waals surface area contributed by atoms with Crippen LogP contribution in [0.4, 0.5) is 5.69 Å². The Labute approximate surface area is 135 Å². The Bertz CT molecular complexity index is 678. The molecule has 0 bridgehead atoms. The molecule has 0 saturated carbocycles. The Morgan fingerprint density at radius 2 is 1.74 bits per heavy atom. The first-order valence-corrected chi connectivity index (χ1v) is 7.59. The molecule has 1 N–H and O–H groups in total. The van der Waals surface area contributed by atoms with Gasteiger partial charge in [0, 0.05) is 12.1 Å². The number of carbonyl (C=O) groups is 1. The summed E-state index contributed by atoms with van der Waals surface area (Å²) < 4.78 is 0. The van der Waals surface area contributed by atoms with Crippen molar-refractivity contribution >= 4 is 11.6 Å². The Hall–Kier alpha value is -2.69. The molecular weight excluding hydrogens is 292 g/mol. The summed E-state index contributed by atoms with van der Waals surface area (Å²) in [6, 6.07) is 14.1. The molecule has 1 amide bonds. The van der Waals surface area contributed by atoms with Gasteiger partial charge in [0.15, 0.2) is 0 Å². The van der Waals surface area contributed by atoms with Crippen molar-refractivity contribution in [1.29, 1.82) is 0 Å². The van der Waals surface area contributed by atoms with Gasteiger partial charge in [-0.25, -0.2) is 0 Å². The first-order valence-electron chi connectivity index (χ1n) is 7.59. The maximum Gasteiger partial charge on any atom is 0.269 e. The molecule has 5 heteroatoms. The molecule has 1 unspecified atom stereocenters. The molecule has 5 nitrogen and oxygen atoms in total. The molecule has 1 atom stereocenters. The topological polar surface area (TPSA) is 72.2 Å². The minimum Gasteiger partial charge on any atom is -0.349 e. The Balaban J connectivity index is 1.99. The van der Waals surface area contributed by atoms with E-state index in [9.17, 15) is 14.9 Å². The van der Waals surface area contributed by atoms with Crippen molar-refractivity contribution in [3.05, 3.63) is 75.3 Å². The number of amides is 1. The van der Waals surface area contributed by atoms with Gasteiger partial charge >= 0.3 is 0 Å². The van der Waals surface area contributed by atoms with E-state index in [0.717, 1.165) is 17.5 Å². The highest BCUT2D eigenvalue weighted by Crippen LogP contribution is 2.18. The van der Waals surface area contributed by atoms with Crippen molar-refractivity contribution < 1.29 is 9.72 Å². The fraction of sp³-hybridized carbons (Fsp3) is 0.278. The number of hydrogen-bond acceptors (Lipinski definition) is 3. The van der Waals surface area contributed by atoms with Gasteiger partial charge in [-0.1, -0.05) is 48.9 Å². The molecule has 2 aromatic carbocycles. The second kappa shape index (κ2) is 7.54. The van der Waals surface area contributed by atoms with Crippen LogP contribution >= 0.6 is 0 Å². The van der Waals surface area contributed by atoms with Crippen LogP contribution in [0.1, 0.15) is 36.1 Å². The summed E-state index contributed by atoms with van der Waals surface area (Å²) in [4.78, 5) is 22.4. The zero-order chi connectivity index (χ0) is 16.8. The van der Waals surface area contributed by atoms with Crippen LogP contribution in [0, 0.1) is 17.0 Å². The van der Waals surface area contributed by atoms with E-state index >= 15 is 0 Å². The van der Waals surface area contributed by atoms with Gasteiger partial charge in [-0.15, -0.1) is 0 Å². The van der Waals surface area contributed by atoms with Crippen LogP contribution in [-0.2, 0) is 11.2 Å². The predicted molar refractivity (Wildman–Crippen MR) is 89.2 cm³/mol. The first-order chi connectivity index (χ1) is 11.0. The summed E-state index contributed by atoms with van der Waals surface area (Å²) >= 11 is 0. The molecule has 0 aliphatic heterocycles. The average Bonchev–Trinajstić information content (AvgIpc) is 2.54. The molecule has 0 radical (unpaired) electrons. The molecule has 23 heavy (non-hydrogen) atoms. The number of non-ortho nitro benzene ring substituents is 1. The van der Waals surface area contributed by atoms with Gasteiger partial charge < -0.3 is 5.32 Å². The highest BCUT2D eigenvalue weighted by atomic mass is 16.6. The standard InChI is InChI=1S/C18H20N2O3/c1-3-17(15-8-4-13(2)5-9-15)19-18(21)12-14-6-10-16(11-7-14)20(22)23/h4-11,17H,3,12H2,1-2H3,(H,19,21). The lowest BCUT2D eigenvalue weighted by Crippen LogP contribution is -2.29. The fourth-order valence-electron chi connectivity index (χ4n) is 2.39. The van der Waals surface area contributed by atoms with Gasteiger partial charge in [-0.05, 0) is 24.5 Å². The van der Waals surface area contributed by atoms with E-state index in [1.807, 2.05) is 38.1 Å². The minimum absolute atomic E-state index is 0.0267. The van der Waals surface area contributed by atoms with Gasteiger partial charge in [-0.3, -0.25) is 14.9 Å². The molecular formula is C18H20N2O3. The van der Waals surface area contributed by atoms with Crippen LogP contribution in [0.5, 0.6) is 0 Å². The Morgan fingerprint density at radius 1 is 1.13 bits per heavy atom. The van der Waals surface area contributed by atoms with Crippen molar-refractivity contribution in [3.8, 4) is 0 Å². The fourth-order valence-corrected chi connectivity index (χ4v) is 2.39. The number of nitrogens with zero attached hydrogens (tertiary/aromatic N) is 1. The number of benzene rings is 2. The summed E-state index contributed by atoms with van der Waals surface area (Å²) in [5.74, 6) is -0.0914. The lowest BCUT2D eigenvalue weighted by atomic mass is 10.0. The number of hydrogen-bond donors (Lipinski definition) is 1. The molecule has 0 spiro atoms. The van der Waals surface area contributed by atoms with Crippen molar-refractivity contribution in [3.63, 3.8) is 0 Å². The zero-order valence-electron chi connectivity index (χ0n) is 13.3. The highest BCUT2D eigenvalue weighted by Gasteiger charge is 2.13. The van der Waals surface area contributed by atoms with E-state index in [0.29, 0.717) is 0 Å². The van der Waals surface area contributed by atoms with E-state index in [2.05, 4.69) is 5.32 Å². The van der Waals surface area contributed by atoms with Gasteiger partial charge in [0.2, 0.25) is 5.91 Å². The maximum atomic E-state index is 12.2. The monoisotopic (exact) mass is 312 g/mol. The summed E-state index contributed by atoms with van der Waals surface area (Å²) in [6.07, 6.45) is 1.01. The minimum atomic E-state index is -0.450. The van der Waals surface area contributed by atoms with Crippen LogP contribution in [0.3, 0.4) is 0 Å². The van der Waals surface area contributed by atoms with Crippen molar-refractivity contribution in [2.45, 2.75) is 32.7 Å². The quantitative estimate of drug-likeness (QED) is 0.652. The summed E-state index contributed by atoms with van der Waals surface area (Å²) in [7, 11) is 0. The van der Waals surface area contributed by atoms with Gasteiger partial charge in [-0.2, -0.15) is 0 Å². The van der Waals surface area contributed by atoms with Crippen LogP contribution in [0.2, 0.25) is 0 Å². The van der Waals surface area contributed by atoms with Gasteiger partial charge in [0.05, 0.1) is 17.4 Å². The van der Waals surface area contributed by atoms with E-state index < -0.39 is 4.92 Å². The van der Waals surface area contributed by atoms with Gasteiger partial charge in [0.25, 0.3) is 5.69 Å². The third-order valence-corrected chi connectivity index (χ3v) is 3.74. The third kappa shape index (κ3) is 4.64.